The number of amides is 1. The van der Waals surface area contributed by atoms with Gasteiger partial charge >= 0.3 is 5.97 Å². The monoisotopic (exact) mass is 471 g/mol. The maximum Gasteiger partial charge on any atom is 0.337 e. The molecule has 4 rings (SSSR count). The maximum atomic E-state index is 13.4. The van der Waals surface area contributed by atoms with Crippen LogP contribution in [0.25, 0.3) is 5.76 Å². The number of Topliss-reactive ketones (excluding diaryl/α,β-unsaturated/α-hetero) is 1. The molecule has 35 heavy (non-hydrogen) atoms. The average molecular weight is 472 g/mol. The number of rotatable bonds is 5. The van der Waals surface area contributed by atoms with Gasteiger partial charge in [-0.15, -0.1) is 0 Å². The van der Waals surface area contributed by atoms with Crippen LogP contribution in [-0.2, 0) is 14.3 Å². The van der Waals surface area contributed by atoms with Crippen LogP contribution in [0, 0.1) is 13.8 Å². The highest BCUT2D eigenvalue weighted by molar-refractivity contribution is 6.51. The van der Waals surface area contributed by atoms with Crippen molar-refractivity contribution in [2.45, 2.75) is 19.9 Å². The average Bonchev–Trinajstić information content (AvgIpc) is 3.13. The topological polar surface area (TPSA) is 93.1 Å². The first kappa shape index (κ1) is 23.8. The molecule has 1 heterocycles. The Morgan fingerprint density at radius 1 is 0.943 bits per heavy atom. The zero-order chi connectivity index (χ0) is 25.3. The molecule has 7 nitrogen and oxygen atoms in total. The van der Waals surface area contributed by atoms with Gasteiger partial charge in [-0.05, 0) is 60.9 Å². The van der Waals surface area contributed by atoms with Crippen LogP contribution in [0.2, 0.25) is 0 Å². The third-order valence-corrected chi connectivity index (χ3v) is 6.00. The van der Waals surface area contributed by atoms with Gasteiger partial charge in [0.05, 0.1) is 37.0 Å². The summed E-state index contributed by atoms with van der Waals surface area (Å²) in [5, 5.41) is 11.5. The number of methoxy groups -OCH3 is 2. The third kappa shape index (κ3) is 4.17. The lowest BCUT2D eigenvalue weighted by molar-refractivity contribution is -0.132. The maximum absolute atomic E-state index is 13.4. The molecule has 1 fully saturated rings. The molecule has 0 saturated carbocycles. The van der Waals surface area contributed by atoms with Crippen molar-refractivity contribution in [2.75, 3.05) is 19.1 Å². The van der Waals surface area contributed by atoms with E-state index in [1.165, 1.54) is 31.3 Å². The number of nitrogens with zero attached hydrogens (tertiary/aromatic N) is 1. The van der Waals surface area contributed by atoms with Crippen LogP contribution in [0.1, 0.15) is 38.7 Å². The highest BCUT2D eigenvalue weighted by Crippen LogP contribution is 2.43. The predicted molar refractivity (Wildman–Crippen MR) is 131 cm³/mol. The van der Waals surface area contributed by atoms with Crippen molar-refractivity contribution in [3.05, 3.63) is 100 Å². The molecule has 3 aromatic rings. The Hall–Kier alpha value is -4.39. The van der Waals surface area contributed by atoms with E-state index < -0.39 is 23.7 Å². The second-order valence-electron chi connectivity index (χ2n) is 8.28. The van der Waals surface area contributed by atoms with E-state index >= 15 is 0 Å². The number of aliphatic hydroxyl groups excluding tert-OH is 1. The Morgan fingerprint density at radius 3 is 2.20 bits per heavy atom. The summed E-state index contributed by atoms with van der Waals surface area (Å²) in [6, 6.07) is 17.9. The lowest BCUT2D eigenvalue weighted by Crippen LogP contribution is -2.29. The van der Waals surface area contributed by atoms with Crippen molar-refractivity contribution >= 4 is 29.1 Å². The Bertz CT molecular complexity index is 1340. The molecule has 7 heteroatoms. The van der Waals surface area contributed by atoms with Gasteiger partial charge in [-0.2, -0.15) is 0 Å². The molecule has 1 atom stereocenters. The van der Waals surface area contributed by atoms with Crippen LogP contribution in [0.4, 0.5) is 5.69 Å². The van der Waals surface area contributed by atoms with Gasteiger partial charge in [0, 0.05) is 5.69 Å². The fraction of sp³-hybridized carbons (Fsp3) is 0.179. The first-order chi connectivity index (χ1) is 16.8. The highest BCUT2D eigenvalue weighted by Gasteiger charge is 2.47. The van der Waals surface area contributed by atoms with Gasteiger partial charge in [-0.25, -0.2) is 4.79 Å². The molecule has 1 aliphatic rings. The van der Waals surface area contributed by atoms with E-state index in [-0.39, 0.29) is 11.3 Å². The minimum Gasteiger partial charge on any atom is -0.507 e. The molecule has 0 aromatic heterocycles. The number of carbonyl (C=O) groups excluding carboxylic acids is 3. The molecule has 1 saturated heterocycles. The SMILES string of the molecule is COC(=O)c1ccc(N2C(=O)C(=O)/C(=C(/O)c3cc(C)cc(C)c3OC)C2c2ccccc2)cc1. The van der Waals surface area contributed by atoms with Gasteiger partial charge in [0.2, 0.25) is 0 Å². The fourth-order valence-electron chi connectivity index (χ4n) is 4.47. The van der Waals surface area contributed by atoms with E-state index in [2.05, 4.69) is 0 Å². The van der Waals surface area contributed by atoms with Crippen LogP contribution in [-0.4, -0.2) is 37.0 Å². The number of anilines is 1. The minimum atomic E-state index is -0.884. The molecule has 0 aliphatic carbocycles. The summed E-state index contributed by atoms with van der Waals surface area (Å²) in [7, 11) is 2.77. The molecule has 178 valence electrons. The number of aliphatic hydroxyl groups is 1. The van der Waals surface area contributed by atoms with Crippen molar-refractivity contribution in [1.29, 1.82) is 0 Å². The number of hydrogen-bond acceptors (Lipinski definition) is 6. The summed E-state index contributed by atoms with van der Waals surface area (Å²) in [6.07, 6.45) is 0. The van der Waals surface area contributed by atoms with E-state index in [0.29, 0.717) is 28.1 Å². The standard InChI is InChI=1S/C28H25NO6/c1-16-14-17(2)26(34-3)21(15-16)24(30)22-23(18-8-6-5-7-9-18)29(27(32)25(22)31)20-12-10-19(11-13-20)28(33)35-4/h5-15,23,30H,1-4H3/b24-22+. The number of carbonyl (C=O) groups is 3. The molecule has 1 aliphatic heterocycles. The minimum absolute atomic E-state index is 0.0402. The Labute approximate surface area is 203 Å². The summed E-state index contributed by atoms with van der Waals surface area (Å²) in [6.45, 7) is 3.72. The van der Waals surface area contributed by atoms with Gasteiger partial charge in [-0.1, -0.05) is 36.4 Å². The Morgan fingerprint density at radius 2 is 1.60 bits per heavy atom. The van der Waals surface area contributed by atoms with Crippen molar-refractivity contribution in [1.82, 2.24) is 0 Å². The van der Waals surface area contributed by atoms with Crippen LogP contribution in [0.5, 0.6) is 5.75 Å². The number of esters is 1. The largest absolute Gasteiger partial charge is 0.507 e. The molecular formula is C28H25NO6. The normalized spacial score (nSPS) is 16.9. The number of aryl methyl sites for hydroxylation is 2. The number of hydrogen-bond donors (Lipinski definition) is 1. The van der Waals surface area contributed by atoms with Gasteiger partial charge in [0.25, 0.3) is 11.7 Å². The molecule has 0 spiro atoms. The first-order valence-corrected chi connectivity index (χ1v) is 11.0. The molecule has 1 unspecified atom stereocenters. The lowest BCUT2D eigenvalue weighted by Gasteiger charge is -2.25. The molecule has 1 amide bonds. The molecule has 0 radical (unpaired) electrons. The van der Waals surface area contributed by atoms with Gasteiger partial charge in [-0.3, -0.25) is 14.5 Å². The summed E-state index contributed by atoms with van der Waals surface area (Å²) in [4.78, 5) is 39.8. The summed E-state index contributed by atoms with van der Waals surface area (Å²) >= 11 is 0. The molecule has 1 N–H and O–H groups in total. The predicted octanol–water partition coefficient (Wildman–Crippen LogP) is 4.72. The van der Waals surface area contributed by atoms with E-state index in [4.69, 9.17) is 9.47 Å². The van der Waals surface area contributed by atoms with E-state index in [1.807, 2.05) is 26.0 Å². The zero-order valence-electron chi connectivity index (χ0n) is 19.9. The number of benzene rings is 3. The molecule has 0 bridgehead atoms. The third-order valence-electron chi connectivity index (χ3n) is 6.00. The summed E-state index contributed by atoms with van der Waals surface area (Å²) in [5.74, 6) is -1.99. The van der Waals surface area contributed by atoms with E-state index in [0.717, 1.165) is 11.1 Å². The van der Waals surface area contributed by atoms with Crippen LogP contribution < -0.4 is 9.64 Å². The van der Waals surface area contributed by atoms with Crippen molar-refractivity contribution in [3.8, 4) is 5.75 Å². The zero-order valence-corrected chi connectivity index (χ0v) is 19.9. The van der Waals surface area contributed by atoms with Crippen LogP contribution in [0.3, 0.4) is 0 Å². The lowest BCUT2D eigenvalue weighted by atomic mass is 9.93. The number of ether oxygens (including phenoxy) is 2. The molecule has 3 aromatic carbocycles. The Balaban J connectivity index is 1.94. The van der Waals surface area contributed by atoms with E-state index in [1.54, 1.807) is 42.5 Å². The molecular weight excluding hydrogens is 446 g/mol. The fourth-order valence-corrected chi connectivity index (χ4v) is 4.47. The van der Waals surface area contributed by atoms with Gasteiger partial charge in [0.1, 0.15) is 11.5 Å². The highest BCUT2D eigenvalue weighted by atomic mass is 16.5. The van der Waals surface area contributed by atoms with E-state index in [9.17, 15) is 19.5 Å². The number of ketones is 1. The summed E-state index contributed by atoms with van der Waals surface area (Å²) in [5.41, 5.74) is 3.32. The second kappa shape index (κ2) is 9.46. The smallest absolute Gasteiger partial charge is 0.337 e. The van der Waals surface area contributed by atoms with Gasteiger partial charge in [0.15, 0.2) is 0 Å². The Kier molecular flexibility index (Phi) is 6.42. The second-order valence-corrected chi connectivity index (χ2v) is 8.28. The van der Waals surface area contributed by atoms with Crippen molar-refractivity contribution < 1.29 is 29.0 Å². The van der Waals surface area contributed by atoms with Crippen LogP contribution in [0.15, 0.2) is 72.3 Å². The summed E-state index contributed by atoms with van der Waals surface area (Å²) < 4.78 is 10.3. The first-order valence-electron chi connectivity index (χ1n) is 11.0. The van der Waals surface area contributed by atoms with Gasteiger partial charge < -0.3 is 14.6 Å². The van der Waals surface area contributed by atoms with Crippen molar-refractivity contribution in [3.63, 3.8) is 0 Å². The van der Waals surface area contributed by atoms with Crippen molar-refractivity contribution in [2.24, 2.45) is 0 Å². The quantitative estimate of drug-likeness (QED) is 0.250. The van der Waals surface area contributed by atoms with Crippen LogP contribution >= 0.6 is 0 Å².